The molecule has 1 fully saturated rings. The van der Waals surface area contributed by atoms with E-state index in [1.165, 1.54) is 6.07 Å². The van der Waals surface area contributed by atoms with Crippen LogP contribution in [-0.2, 0) is 11.3 Å². The Balaban J connectivity index is 1.53. The first kappa shape index (κ1) is 20.2. The fourth-order valence-electron chi connectivity index (χ4n) is 3.55. The van der Waals surface area contributed by atoms with Gasteiger partial charge in [0.1, 0.15) is 5.75 Å². The number of rotatable bonds is 6. The molecule has 0 bridgehead atoms. The number of benzene rings is 2. The highest BCUT2D eigenvalue weighted by molar-refractivity contribution is 6.31. The van der Waals surface area contributed by atoms with Gasteiger partial charge in [-0.25, -0.2) is 4.79 Å². The molecular weight excluding hydrogens is 378 g/mol. The number of hydrogen-bond donors (Lipinski definition) is 2. The second-order valence-electron chi connectivity index (χ2n) is 7.18. The predicted octanol–water partition coefficient (Wildman–Crippen LogP) is 4.60. The Kier molecular flexibility index (Phi) is 6.57. The minimum atomic E-state index is -1.02. The van der Waals surface area contributed by atoms with Crippen molar-refractivity contribution < 1.29 is 19.4 Å². The Morgan fingerprint density at radius 3 is 2.46 bits per heavy atom. The molecule has 6 heteroatoms. The van der Waals surface area contributed by atoms with Crippen molar-refractivity contribution in [3.8, 4) is 5.75 Å². The van der Waals surface area contributed by atoms with E-state index in [4.69, 9.17) is 16.3 Å². The fourth-order valence-corrected chi connectivity index (χ4v) is 3.76. The molecule has 0 aliphatic heterocycles. The van der Waals surface area contributed by atoms with E-state index in [1.54, 1.807) is 13.0 Å². The largest absolute Gasteiger partial charge is 0.490 e. The quantitative estimate of drug-likeness (QED) is 0.741. The maximum absolute atomic E-state index is 12.4. The van der Waals surface area contributed by atoms with Gasteiger partial charge in [0.2, 0.25) is 5.91 Å². The number of amides is 1. The molecule has 0 radical (unpaired) electrons. The Labute approximate surface area is 169 Å². The van der Waals surface area contributed by atoms with Crippen LogP contribution in [0.25, 0.3) is 0 Å². The van der Waals surface area contributed by atoms with Gasteiger partial charge in [0.25, 0.3) is 0 Å². The number of nitrogens with one attached hydrogen (secondary N) is 1. The lowest BCUT2D eigenvalue weighted by Crippen LogP contribution is -2.35. The van der Waals surface area contributed by atoms with E-state index in [0.717, 1.165) is 31.2 Å². The summed E-state index contributed by atoms with van der Waals surface area (Å²) in [5, 5.41) is 12.6. The maximum atomic E-state index is 12.4. The summed E-state index contributed by atoms with van der Waals surface area (Å²) in [7, 11) is 0. The van der Waals surface area contributed by atoms with Crippen LogP contribution in [0, 0.1) is 12.8 Å². The standard InChI is InChI=1S/C22H24ClNO4/c1-14-19(22(26)27)11-17(23)12-20(14)28-18-9-7-16(8-10-18)21(25)24-13-15-5-3-2-4-6-15/h2-6,11-12,16,18H,7-10,13H2,1H3,(H,24,25)(H,26,27). The molecule has 28 heavy (non-hydrogen) atoms. The first-order chi connectivity index (χ1) is 13.4. The highest BCUT2D eigenvalue weighted by Crippen LogP contribution is 2.32. The van der Waals surface area contributed by atoms with E-state index < -0.39 is 5.97 Å². The third-order valence-corrected chi connectivity index (χ3v) is 5.42. The van der Waals surface area contributed by atoms with Gasteiger partial charge < -0.3 is 15.2 Å². The lowest BCUT2D eigenvalue weighted by Gasteiger charge is -2.29. The second kappa shape index (κ2) is 9.11. The van der Waals surface area contributed by atoms with Gasteiger partial charge in [-0.05, 0) is 50.3 Å². The van der Waals surface area contributed by atoms with E-state index in [0.29, 0.717) is 22.9 Å². The van der Waals surface area contributed by atoms with Crippen LogP contribution in [0.1, 0.15) is 47.2 Å². The van der Waals surface area contributed by atoms with Crippen LogP contribution in [-0.4, -0.2) is 23.1 Å². The van der Waals surface area contributed by atoms with Crippen LogP contribution < -0.4 is 10.1 Å². The van der Waals surface area contributed by atoms with Gasteiger partial charge in [-0.15, -0.1) is 0 Å². The Bertz CT molecular complexity index is 845. The normalized spacial score (nSPS) is 19.1. The Morgan fingerprint density at radius 1 is 1.14 bits per heavy atom. The third-order valence-electron chi connectivity index (χ3n) is 5.20. The third kappa shape index (κ3) is 5.04. The highest BCUT2D eigenvalue weighted by atomic mass is 35.5. The number of carbonyl (C=O) groups is 2. The van der Waals surface area contributed by atoms with E-state index in [9.17, 15) is 14.7 Å². The fraction of sp³-hybridized carbons (Fsp3) is 0.364. The summed E-state index contributed by atoms with van der Waals surface area (Å²) < 4.78 is 6.04. The molecule has 2 aromatic carbocycles. The number of ether oxygens (including phenoxy) is 1. The minimum absolute atomic E-state index is 0.0152. The Morgan fingerprint density at radius 2 is 1.82 bits per heavy atom. The van der Waals surface area contributed by atoms with Gasteiger partial charge >= 0.3 is 5.97 Å². The van der Waals surface area contributed by atoms with Gasteiger partial charge in [-0.2, -0.15) is 0 Å². The highest BCUT2D eigenvalue weighted by Gasteiger charge is 2.28. The summed E-state index contributed by atoms with van der Waals surface area (Å²) in [6, 6.07) is 12.9. The Hall–Kier alpha value is -2.53. The zero-order chi connectivity index (χ0) is 20.1. The summed E-state index contributed by atoms with van der Waals surface area (Å²) in [6.07, 6.45) is 2.94. The topological polar surface area (TPSA) is 75.6 Å². The van der Waals surface area contributed by atoms with Gasteiger partial charge in [0, 0.05) is 23.0 Å². The van der Waals surface area contributed by atoms with Gasteiger partial charge in [0.15, 0.2) is 0 Å². The molecule has 0 aromatic heterocycles. The molecule has 5 nitrogen and oxygen atoms in total. The molecule has 148 valence electrons. The number of hydrogen-bond acceptors (Lipinski definition) is 3. The monoisotopic (exact) mass is 401 g/mol. The summed E-state index contributed by atoms with van der Waals surface area (Å²) >= 11 is 6.04. The zero-order valence-electron chi connectivity index (χ0n) is 15.8. The van der Waals surface area contributed by atoms with Crippen LogP contribution >= 0.6 is 11.6 Å². The number of aromatic carboxylic acids is 1. The summed E-state index contributed by atoms with van der Waals surface area (Å²) in [4.78, 5) is 23.8. The van der Waals surface area contributed by atoms with E-state index >= 15 is 0 Å². The van der Waals surface area contributed by atoms with Crippen LogP contribution in [0.3, 0.4) is 0 Å². The number of carboxylic acids is 1. The molecule has 1 aliphatic carbocycles. The molecule has 0 atom stereocenters. The van der Waals surface area contributed by atoms with Gasteiger partial charge in [-0.3, -0.25) is 4.79 Å². The lowest BCUT2D eigenvalue weighted by atomic mass is 9.86. The smallest absolute Gasteiger partial charge is 0.336 e. The van der Waals surface area contributed by atoms with E-state index in [2.05, 4.69) is 5.32 Å². The van der Waals surface area contributed by atoms with Gasteiger partial charge in [0.05, 0.1) is 11.7 Å². The summed E-state index contributed by atoms with van der Waals surface area (Å²) in [5.41, 5.74) is 1.80. The van der Waals surface area contributed by atoms with E-state index in [-0.39, 0.29) is 23.5 Å². The molecule has 0 saturated heterocycles. The average molecular weight is 402 g/mol. The number of halogens is 1. The van der Waals surface area contributed by atoms with Crippen molar-refractivity contribution >= 4 is 23.5 Å². The van der Waals surface area contributed by atoms with Crippen molar-refractivity contribution in [2.75, 3.05) is 0 Å². The predicted molar refractivity (Wildman–Crippen MR) is 108 cm³/mol. The minimum Gasteiger partial charge on any atom is -0.490 e. The summed E-state index contributed by atoms with van der Waals surface area (Å²) in [6.45, 7) is 2.26. The van der Waals surface area contributed by atoms with Crippen LogP contribution in [0.4, 0.5) is 0 Å². The molecule has 1 aliphatic rings. The molecule has 0 unspecified atom stereocenters. The lowest BCUT2D eigenvalue weighted by molar-refractivity contribution is -0.126. The van der Waals surface area contributed by atoms with Crippen molar-refractivity contribution in [2.45, 2.75) is 45.3 Å². The first-order valence-electron chi connectivity index (χ1n) is 9.45. The van der Waals surface area contributed by atoms with Crippen molar-refractivity contribution in [3.63, 3.8) is 0 Å². The van der Waals surface area contributed by atoms with Crippen molar-refractivity contribution in [3.05, 3.63) is 64.2 Å². The SMILES string of the molecule is Cc1c(OC2CCC(C(=O)NCc3ccccc3)CC2)cc(Cl)cc1C(=O)O. The molecule has 0 spiro atoms. The second-order valence-corrected chi connectivity index (χ2v) is 7.61. The molecule has 0 heterocycles. The maximum Gasteiger partial charge on any atom is 0.336 e. The molecule has 1 amide bonds. The van der Waals surface area contributed by atoms with Crippen molar-refractivity contribution in [1.82, 2.24) is 5.32 Å². The number of carbonyl (C=O) groups excluding carboxylic acids is 1. The molecule has 2 aromatic rings. The van der Waals surface area contributed by atoms with Crippen molar-refractivity contribution in [2.24, 2.45) is 5.92 Å². The molecule has 1 saturated carbocycles. The van der Waals surface area contributed by atoms with E-state index in [1.807, 2.05) is 30.3 Å². The van der Waals surface area contributed by atoms with Crippen LogP contribution in [0.15, 0.2) is 42.5 Å². The zero-order valence-corrected chi connectivity index (χ0v) is 16.5. The van der Waals surface area contributed by atoms with Crippen LogP contribution in [0.5, 0.6) is 5.75 Å². The average Bonchev–Trinajstić information content (AvgIpc) is 2.69. The van der Waals surface area contributed by atoms with Crippen molar-refractivity contribution in [1.29, 1.82) is 0 Å². The summed E-state index contributed by atoms with van der Waals surface area (Å²) in [5.74, 6) is -0.460. The molecular formula is C22H24ClNO4. The van der Waals surface area contributed by atoms with Crippen LogP contribution in [0.2, 0.25) is 5.02 Å². The van der Waals surface area contributed by atoms with Gasteiger partial charge in [-0.1, -0.05) is 41.9 Å². The first-order valence-corrected chi connectivity index (χ1v) is 9.83. The molecule has 3 rings (SSSR count). The number of carboxylic acid groups (broad SMARTS) is 1. The molecule has 2 N–H and O–H groups in total.